The molecule has 1 N–H and O–H groups in total. The summed E-state index contributed by atoms with van der Waals surface area (Å²) in [5.41, 5.74) is 3.40. The van der Waals surface area contributed by atoms with Crippen LogP contribution in [0.4, 0.5) is 5.69 Å². The number of anilines is 1. The lowest BCUT2D eigenvalue weighted by Crippen LogP contribution is -2.42. The highest BCUT2D eigenvalue weighted by Gasteiger charge is 2.54. The first-order chi connectivity index (χ1) is 11.6. The van der Waals surface area contributed by atoms with Crippen LogP contribution >= 0.6 is 0 Å². The Morgan fingerprint density at radius 2 is 2.12 bits per heavy atom. The summed E-state index contributed by atoms with van der Waals surface area (Å²) >= 11 is 0. The van der Waals surface area contributed by atoms with Crippen LogP contribution in [0.1, 0.15) is 56.1 Å². The van der Waals surface area contributed by atoms with Crippen molar-refractivity contribution in [2.45, 2.75) is 51.4 Å². The van der Waals surface area contributed by atoms with Crippen molar-refractivity contribution in [1.29, 1.82) is 5.26 Å². The minimum absolute atomic E-state index is 0.0783. The van der Waals surface area contributed by atoms with E-state index in [1.807, 2.05) is 6.19 Å². The number of ketones is 1. The highest BCUT2D eigenvalue weighted by atomic mass is 16.5. The zero-order chi connectivity index (χ0) is 16.9. The summed E-state index contributed by atoms with van der Waals surface area (Å²) in [6.45, 7) is 2.21. The van der Waals surface area contributed by atoms with Gasteiger partial charge in [0, 0.05) is 11.8 Å². The van der Waals surface area contributed by atoms with Crippen LogP contribution < -0.4 is 10.1 Å². The normalized spacial score (nSPS) is 33.9. The minimum atomic E-state index is -0.0783. The second kappa shape index (κ2) is 5.51. The highest BCUT2D eigenvalue weighted by Crippen LogP contribution is 2.59. The third kappa shape index (κ3) is 2.07. The van der Waals surface area contributed by atoms with Gasteiger partial charge >= 0.3 is 0 Å². The van der Waals surface area contributed by atoms with Crippen molar-refractivity contribution < 1.29 is 9.53 Å². The molecule has 2 fully saturated rings. The Morgan fingerprint density at radius 3 is 2.88 bits per heavy atom. The fraction of sp³-hybridized carbons (Fsp3) is 0.600. The Morgan fingerprint density at radius 1 is 1.29 bits per heavy atom. The molecule has 0 heterocycles. The molecular formula is C20H24N2O2. The van der Waals surface area contributed by atoms with Gasteiger partial charge in [0.1, 0.15) is 11.5 Å². The number of carbonyl (C=O) groups excluding carboxylic acids is 1. The monoisotopic (exact) mass is 324 g/mol. The number of hydrogen-bond acceptors (Lipinski definition) is 4. The Balaban J connectivity index is 1.72. The summed E-state index contributed by atoms with van der Waals surface area (Å²) in [6, 6.07) is 4.21. The van der Waals surface area contributed by atoms with Crippen LogP contribution in [0.25, 0.3) is 0 Å². The van der Waals surface area contributed by atoms with Gasteiger partial charge in [-0.25, -0.2) is 0 Å². The number of rotatable bonds is 2. The van der Waals surface area contributed by atoms with Gasteiger partial charge in [-0.05, 0) is 73.1 Å². The quantitative estimate of drug-likeness (QED) is 0.659. The Hall–Kier alpha value is -2.02. The number of hydrogen-bond donors (Lipinski definition) is 1. The lowest BCUT2D eigenvalue weighted by Gasteiger charge is -2.48. The van der Waals surface area contributed by atoms with Crippen molar-refractivity contribution in [3.05, 3.63) is 23.3 Å². The minimum Gasteiger partial charge on any atom is -0.495 e. The van der Waals surface area contributed by atoms with Crippen molar-refractivity contribution in [3.8, 4) is 11.9 Å². The summed E-state index contributed by atoms with van der Waals surface area (Å²) < 4.78 is 5.50. The number of ether oxygens (including phenoxy) is 1. The van der Waals surface area contributed by atoms with E-state index in [1.54, 1.807) is 7.11 Å². The molecule has 126 valence electrons. The van der Waals surface area contributed by atoms with Gasteiger partial charge < -0.3 is 4.74 Å². The SMILES string of the molecule is COc1cc2c(cc1NC#N)CC[C@@H]1[C@@H]2CC[C@]2(C)C(=O)CC[C@@H]12. The van der Waals surface area contributed by atoms with Gasteiger partial charge in [-0.15, -0.1) is 0 Å². The number of aryl methyl sites for hydroxylation is 1. The molecule has 4 rings (SSSR count). The van der Waals surface area contributed by atoms with Crippen LogP contribution in [-0.4, -0.2) is 12.9 Å². The molecular weight excluding hydrogens is 300 g/mol. The number of Topliss-reactive ketones (excluding diaryl/α,β-unsaturated/α-hetero) is 1. The van der Waals surface area contributed by atoms with Gasteiger partial charge in [0.25, 0.3) is 0 Å². The first-order valence-electron chi connectivity index (χ1n) is 8.97. The number of nitrogens with one attached hydrogen (secondary N) is 1. The molecule has 1 aromatic carbocycles. The number of fused-ring (bicyclic) bond motifs is 5. The molecule has 0 amide bonds. The zero-order valence-corrected chi connectivity index (χ0v) is 14.4. The van der Waals surface area contributed by atoms with E-state index in [-0.39, 0.29) is 5.41 Å². The standard InChI is InChI=1S/C20H24N2O2/c1-20-8-7-13-14(16(20)5-6-19(20)23)4-3-12-9-17(22-11-21)18(24-2)10-15(12)13/h9-10,13-14,16,22H,3-8H2,1-2H3/t13-,14+,16-,20-/m0/s1. The first kappa shape index (κ1) is 15.5. The van der Waals surface area contributed by atoms with Crippen molar-refractivity contribution in [2.75, 3.05) is 12.4 Å². The number of nitriles is 1. The van der Waals surface area contributed by atoms with E-state index in [0.29, 0.717) is 23.5 Å². The van der Waals surface area contributed by atoms with Gasteiger partial charge in [0.15, 0.2) is 6.19 Å². The Bertz CT molecular complexity index is 736. The topological polar surface area (TPSA) is 62.1 Å². The molecule has 0 radical (unpaired) electrons. The molecule has 0 saturated heterocycles. The van der Waals surface area contributed by atoms with Gasteiger partial charge in [0.2, 0.25) is 0 Å². The van der Waals surface area contributed by atoms with Crippen molar-refractivity contribution in [3.63, 3.8) is 0 Å². The average molecular weight is 324 g/mol. The van der Waals surface area contributed by atoms with Crippen LogP contribution in [0.15, 0.2) is 12.1 Å². The third-order valence-corrected chi connectivity index (χ3v) is 6.94. The molecule has 4 heteroatoms. The van der Waals surface area contributed by atoms with E-state index < -0.39 is 0 Å². The van der Waals surface area contributed by atoms with Crippen LogP contribution in [0.5, 0.6) is 5.75 Å². The summed E-state index contributed by atoms with van der Waals surface area (Å²) in [7, 11) is 1.65. The summed E-state index contributed by atoms with van der Waals surface area (Å²) in [5.74, 6) is 2.92. The molecule has 1 aromatic rings. The molecule has 0 spiro atoms. The van der Waals surface area contributed by atoms with E-state index in [1.165, 1.54) is 11.1 Å². The van der Waals surface area contributed by atoms with Gasteiger partial charge in [-0.2, -0.15) is 5.26 Å². The molecule has 4 atom stereocenters. The number of methoxy groups -OCH3 is 1. The number of nitrogens with zero attached hydrogens (tertiary/aromatic N) is 1. The van der Waals surface area contributed by atoms with E-state index in [0.717, 1.165) is 50.0 Å². The molecule has 0 aromatic heterocycles. The molecule has 3 aliphatic rings. The van der Waals surface area contributed by atoms with Crippen molar-refractivity contribution in [1.82, 2.24) is 0 Å². The van der Waals surface area contributed by atoms with Crippen LogP contribution in [0.2, 0.25) is 0 Å². The molecule has 4 nitrogen and oxygen atoms in total. The second-order valence-electron chi connectivity index (χ2n) is 7.82. The maximum absolute atomic E-state index is 12.4. The fourth-order valence-corrected chi connectivity index (χ4v) is 5.70. The second-order valence-corrected chi connectivity index (χ2v) is 7.82. The molecule has 24 heavy (non-hydrogen) atoms. The summed E-state index contributed by atoms with van der Waals surface area (Å²) in [6.07, 6.45) is 8.12. The maximum atomic E-state index is 12.4. The maximum Gasteiger partial charge on any atom is 0.181 e. The number of benzene rings is 1. The molecule has 3 aliphatic carbocycles. The number of carbonyl (C=O) groups is 1. The Labute approximate surface area is 143 Å². The molecule has 0 unspecified atom stereocenters. The van der Waals surface area contributed by atoms with E-state index in [4.69, 9.17) is 10.00 Å². The van der Waals surface area contributed by atoms with Crippen LogP contribution in [-0.2, 0) is 11.2 Å². The van der Waals surface area contributed by atoms with Gasteiger partial charge in [0.05, 0.1) is 12.8 Å². The van der Waals surface area contributed by atoms with Crippen molar-refractivity contribution in [2.24, 2.45) is 17.3 Å². The fourth-order valence-electron chi connectivity index (χ4n) is 5.70. The lowest BCUT2D eigenvalue weighted by molar-refractivity contribution is -0.129. The van der Waals surface area contributed by atoms with Crippen molar-refractivity contribution >= 4 is 11.5 Å². The zero-order valence-electron chi connectivity index (χ0n) is 14.4. The summed E-state index contributed by atoms with van der Waals surface area (Å²) in [5, 5.41) is 11.7. The van der Waals surface area contributed by atoms with E-state index in [9.17, 15) is 4.79 Å². The third-order valence-electron chi connectivity index (χ3n) is 6.94. The Kier molecular flexibility index (Phi) is 3.56. The largest absolute Gasteiger partial charge is 0.495 e. The van der Waals surface area contributed by atoms with Crippen LogP contribution in [0, 0.1) is 28.7 Å². The summed E-state index contributed by atoms with van der Waals surface area (Å²) in [4.78, 5) is 12.4. The highest BCUT2D eigenvalue weighted by molar-refractivity contribution is 5.87. The lowest BCUT2D eigenvalue weighted by atomic mass is 9.55. The van der Waals surface area contributed by atoms with Gasteiger partial charge in [-0.1, -0.05) is 6.92 Å². The average Bonchev–Trinajstić information content (AvgIpc) is 2.89. The predicted molar refractivity (Wildman–Crippen MR) is 91.9 cm³/mol. The molecule has 0 aliphatic heterocycles. The van der Waals surface area contributed by atoms with Gasteiger partial charge in [-0.3, -0.25) is 10.1 Å². The molecule has 2 saturated carbocycles. The smallest absolute Gasteiger partial charge is 0.181 e. The van der Waals surface area contributed by atoms with E-state index >= 15 is 0 Å². The molecule has 0 bridgehead atoms. The van der Waals surface area contributed by atoms with Crippen LogP contribution in [0.3, 0.4) is 0 Å². The first-order valence-corrected chi connectivity index (χ1v) is 8.97. The predicted octanol–water partition coefficient (Wildman–Crippen LogP) is 4.01. The van der Waals surface area contributed by atoms with E-state index in [2.05, 4.69) is 24.4 Å².